The summed E-state index contributed by atoms with van der Waals surface area (Å²) < 4.78 is 7.82. The molecule has 0 aliphatic heterocycles. The quantitative estimate of drug-likeness (QED) is 0.865. The van der Waals surface area contributed by atoms with Crippen LogP contribution in [0.3, 0.4) is 0 Å². The van der Waals surface area contributed by atoms with Gasteiger partial charge in [0.25, 0.3) is 5.91 Å². The molecule has 5 nitrogen and oxygen atoms in total. The van der Waals surface area contributed by atoms with Gasteiger partial charge in [0.1, 0.15) is 11.4 Å². The summed E-state index contributed by atoms with van der Waals surface area (Å²) in [4.78, 5) is 12.4. The van der Waals surface area contributed by atoms with Crippen molar-refractivity contribution in [3.8, 4) is 5.75 Å². The van der Waals surface area contributed by atoms with Crippen LogP contribution in [0.4, 0.5) is 11.4 Å². The number of hydrogen-bond acceptors (Lipinski definition) is 3. The highest BCUT2D eigenvalue weighted by atomic mass is 79.9. The predicted octanol–water partition coefficient (Wildman–Crippen LogP) is 3.50. The fourth-order valence-electron chi connectivity index (χ4n) is 2.06. The monoisotopic (exact) mass is 351 g/mol. The number of aromatic nitrogens is 1. The zero-order chi connectivity index (χ0) is 15.4. The number of rotatable bonds is 5. The SMILES string of the molecule is CCCn1cc(N)cc1C(=O)Nc1cc(OC)ccc1Br. The summed E-state index contributed by atoms with van der Waals surface area (Å²) in [7, 11) is 1.59. The number of nitrogens with two attached hydrogens (primary N) is 1. The smallest absolute Gasteiger partial charge is 0.272 e. The van der Waals surface area contributed by atoms with Crippen molar-refractivity contribution in [2.24, 2.45) is 0 Å². The van der Waals surface area contributed by atoms with Crippen molar-refractivity contribution in [1.29, 1.82) is 0 Å². The lowest BCUT2D eigenvalue weighted by Gasteiger charge is -2.11. The summed E-state index contributed by atoms with van der Waals surface area (Å²) in [5.74, 6) is 0.478. The summed E-state index contributed by atoms with van der Waals surface area (Å²) in [6.07, 6.45) is 2.70. The summed E-state index contributed by atoms with van der Waals surface area (Å²) in [6.45, 7) is 2.80. The Hall–Kier alpha value is -1.95. The van der Waals surface area contributed by atoms with Crippen molar-refractivity contribution in [1.82, 2.24) is 4.57 Å². The van der Waals surface area contributed by atoms with Crippen LogP contribution in [-0.4, -0.2) is 17.6 Å². The van der Waals surface area contributed by atoms with Crippen molar-refractivity contribution < 1.29 is 9.53 Å². The van der Waals surface area contributed by atoms with E-state index in [1.54, 1.807) is 25.4 Å². The molecule has 0 atom stereocenters. The third-order valence-electron chi connectivity index (χ3n) is 3.04. The molecule has 1 aromatic carbocycles. The van der Waals surface area contributed by atoms with E-state index in [9.17, 15) is 4.79 Å². The van der Waals surface area contributed by atoms with E-state index in [2.05, 4.69) is 28.2 Å². The number of carbonyl (C=O) groups is 1. The Kier molecular flexibility index (Phi) is 4.90. The van der Waals surface area contributed by atoms with Gasteiger partial charge in [-0.05, 0) is 40.5 Å². The number of carbonyl (C=O) groups excluding carboxylic acids is 1. The van der Waals surface area contributed by atoms with Crippen LogP contribution in [0.25, 0.3) is 0 Å². The van der Waals surface area contributed by atoms with Crippen LogP contribution in [-0.2, 0) is 6.54 Å². The molecule has 0 spiro atoms. The van der Waals surface area contributed by atoms with Gasteiger partial charge in [0.15, 0.2) is 0 Å². The number of nitrogen functional groups attached to an aromatic ring is 1. The van der Waals surface area contributed by atoms with Gasteiger partial charge in [-0.1, -0.05) is 6.92 Å². The van der Waals surface area contributed by atoms with Gasteiger partial charge in [0.2, 0.25) is 0 Å². The Morgan fingerprint density at radius 2 is 2.19 bits per heavy atom. The number of ether oxygens (including phenoxy) is 1. The molecule has 112 valence electrons. The molecular weight excluding hydrogens is 334 g/mol. The minimum absolute atomic E-state index is 0.200. The Morgan fingerprint density at radius 3 is 2.86 bits per heavy atom. The summed E-state index contributed by atoms with van der Waals surface area (Å²) in [5, 5.41) is 2.87. The van der Waals surface area contributed by atoms with E-state index in [1.165, 1.54) is 0 Å². The first-order valence-electron chi connectivity index (χ1n) is 6.65. The number of methoxy groups -OCH3 is 1. The van der Waals surface area contributed by atoms with E-state index in [0.29, 0.717) is 22.8 Å². The zero-order valence-corrected chi connectivity index (χ0v) is 13.6. The second-order valence-electron chi connectivity index (χ2n) is 4.65. The van der Waals surface area contributed by atoms with Crippen molar-refractivity contribution in [2.75, 3.05) is 18.2 Å². The second-order valence-corrected chi connectivity index (χ2v) is 5.51. The molecule has 0 aliphatic rings. The number of anilines is 2. The third kappa shape index (κ3) is 3.58. The molecular formula is C15H18BrN3O2. The summed E-state index contributed by atoms with van der Waals surface area (Å²) >= 11 is 3.41. The maximum Gasteiger partial charge on any atom is 0.272 e. The predicted molar refractivity (Wildman–Crippen MR) is 87.8 cm³/mol. The lowest BCUT2D eigenvalue weighted by atomic mass is 10.3. The van der Waals surface area contributed by atoms with E-state index < -0.39 is 0 Å². The fourth-order valence-corrected chi connectivity index (χ4v) is 2.41. The van der Waals surface area contributed by atoms with Gasteiger partial charge in [0.05, 0.1) is 18.5 Å². The number of aryl methyl sites for hydroxylation is 1. The van der Waals surface area contributed by atoms with Gasteiger partial charge >= 0.3 is 0 Å². The average Bonchev–Trinajstić information content (AvgIpc) is 2.82. The number of hydrogen-bond donors (Lipinski definition) is 2. The molecule has 0 aliphatic carbocycles. The largest absolute Gasteiger partial charge is 0.497 e. The van der Waals surface area contributed by atoms with E-state index in [-0.39, 0.29) is 5.91 Å². The van der Waals surface area contributed by atoms with Gasteiger partial charge in [0, 0.05) is 23.3 Å². The molecule has 21 heavy (non-hydrogen) atoms. The van der Waals surface area contributed by atoms with E-state index >= 15 is 0 Å². The molecule has 0 fully saturated rings. The molecule has 1 heterocycles. The first-order chi connectivity index (χ1) is 10.0. The van der Waals surface area contributed by atoms with Crippen molar-refractivity contribution >= 4 is 33.2 Å². The minimum Gasteiger partial charge on any atom is -0.497 e. The second kappa shape index (κ2) is 6.67. The molecule has 0 bridgehead atoms. The van der Waals surface area contributed by atoms with Gasteiger partial charge in [-0.2, -0.15) is 0 Å². The summed E-state index contributed by atoms with van der Waals surface area (Å²) in [6, 6.07) is 7.09. The maximum atomic E-state index is 12.4. The fraction of sp³-hybridized carbons (Fsp3) is 0.267. The van der Waals surface area contributed by atoms with Crippen LogP contribution in [0.5, 0.6) is 5.75 Å². The molecule has 1 amide bonds. The van der Waals surface area contributed by atoms with Gasteiger partial charge in [-0.15, -0.1) is 0 Å². The average molecular weight is 352 g/mol. The van der Waals surface area contributed by atoms with Crippen LogP contribution >= 0.6 is 15.9 Å². The molecule has 6 heteroatoms. The molecule has 0 radical (unpaired) electrons. The molecule has 2 aromatic rings. The van der Waals surface area contributed by atoms with Crippen LogP contribution in [0.2, 0.25) is 0 Å². The normalized spacial score (nSPS) is 10.4. The number of halogens is 1. The summed E-state index contributed by atoms with van der Waals surface area (Å²) in [5.41, 5.74) is 7.57. The first-order valence-corrected chi connectivity index (χ1v) is 7.45. The third-order valence-corrected chi connectivity index (χ3v) is 3.73. The first kappa shape index (κ1) is 15.4. The lowest BCUT2D eigenvalue weighted by Crippen LogP contribution is -2.17. The topological polar surface area (TPSA) is 69.3 Å². The van der Waals surface area contributed by atoms with Crippen LogP contribution < -0.4 is 15.8 Å². The highest BCUT2D eigenvalue weighted by molar-refractivity contribution is 9.10. The van der Waals surface area contributed by atoms with Crippen LogP contribution in [0.15, 0.2) is 34.9 Å². The highest BCUT2D eigenvalue weighted by Gasteiger charge is 2.14. The van der Waals surface area contributed by atoms with Gasteiger partial charge < -0.3 is 20.4 Å². The van der Waals surface area contributed by atoms with Gasteiger partial charge in [-0.25, -0.2) is 0 Å². The van der Waals surface area contributed by atoms with Crippen LogP contribution in [0, 0.1) is 0 Å². The molecule has 2 rings (SSSR count). The van der Waals surface area contributed by atoms with Crippen molar-refractivity contribution in [3.63, 3.8) is 0 Å². The molecule has 0 saturated carbocycles. The number of benzene rings is 1. The lowest BCUT2D eigenvalue weighted by molar-refractivity contribution is 0.101. The van der Waals surface area contributed by atoms with Crippen molar-refractivity contribution in [3.05, 3.63) is 40.6 Å². The number of nitrogens with one attached hydrogen (secondary N) is 1. The van der Waals surface area contributed by atoms with E-state index in [0.717, 1.165) is 17.4 Å². The molecule has 0 unspecified atom stereocenters. The molecule has 1 aromatic heterocycles. The molecule has 0 saturated heterocycles. The number of amides is 1. The van der Waals surface area contributed by atoms with Crippen molar-refractivity contribution in [2.45, 2.75) is 19.9 Å². The Balaban J connectivity index is 2.25. The minimum atomic E-state index is -0.200. The maximum absolute atomic E-state index is 12.4. The zero-order valence-electron chi connectivity index (χ0n) is 12.0. The van der Waals surface area contributed by atoms with Crippen LogP contribution in [0.1, 0.15) is 23.8 Å². The standard InChI is InChI=1S/C15H18BrN3O2/c1-3-6-19-9-10(17)7-14(19)15(20)18-13-8-11(21-2)4-5-12(13)16/h4-5,7-9H,3,6,17H2,1-2H3,(H,18,20). The Morgan fingerprint density at radius 1 is 1.43 bits per heavy atom. The van der Waals surface area contributed by atoms with E-state index in [4.69, 9.17) is 10.5 Å². The number of nitrogens with zero attached hydrogens (tertiary/aromatic N) is 1. The van der Waals surface area contributed by atoms with Gasteiger partial charge in [-0.3, -0.25) is 4.79 Å². The Bertz CT molecular complexity index is 652. The Labute approximate surface area is 132 Å². The van der Waals surface area contributed by atoms with E-state index in [1.807, 2.05) is 16.7 Å². The molecule has 3 N–H and O–H groups in total. The highest BCUT2D eigenvalue weighted by Crippen LogP contribution is 2.27.